The predicted octanol–water partition coefficient (Wildman–Crippen LogP) is 3.10. The molecule has 0 fully saturated rings. The van der Waals surface area contributed by atoms with Gasteiger partial charge in [0.05, 0.1) is 30.0 Å². The van der Waals surface area contributed by atoms with Gasteiger partial charge in [-0.05, 0) is 31.2 Å². The summed E-state index contributed by atoms with van der Waals surface area (Å²) in [4.78, 5) is 23.9. The van der Waals surface area contributed by atoms with Crippen molar-refractivity contribution in [3.05, 3.63) is 52.5 Å². The lowest BCUT2D eigenvalue weighted by Crippen LogP contribution is -2.18. The van der Waals surface area contributed by atoms with E-state index in [9.17, 15) is 9.59 Å². The molecule has 0 saturated carbocycles. The molecule has 0 aliphatic rings. The summed E-state index contributed by atoms with van der Waals surface area (Å²) in [6, 6.07) is 9.45. The summed E-state index contributed by atoms with van der Waals surface area (Å²) < 4.78 is 10.6. The largest absolute Gasteiger partial charge is 0.493 e. The first-order valence-corrected chi connectivity index (χ1v) is 7.56. The van der Waals surface area contributed by atoms with Gasteiger partial charge in [-0.1, -0.05) is 23.7 Å². The molecule has 0 spiro atoms. The average molecular weight is 349 g/mol. The maximum atomic E-state index is 12.5. The number of carbonyl (C=O) groups is 2. The fourth-order valence-electron chi connectivity index (χ4n) is 2.14. The highest BCUT2D eigenvalue weighted by Gasteiger charge is 2.17. The van der Waals surface area contributed by atoms with Crippen molar-refractivity contribution in [1.29, 1.82) is 0 Å². The molecule has 6 nitrogen and oxygen atoms in total. The van der Waals surface area contributed by atoms with Crippen molar-refractivity contribution in [2.75, 3.05) is 19.0 Å². The topological polar surface area (TPSA) is 90.6 Å². The third kappa shape index (κ3) is 3.78. The molecule has 0 bridgehead atoms. The fourth-order valence-corrected chi connectivity index (χ4v) is 2.40. The molecule has 0 aliphatic heterocycles. The molecule has 126 valence electrons. The number of halogens is 1. The van der Waals surface area contributed by atoms with Gasteiger partial charge in [0.2, 0.25) is 0 Å². The summed E-state index contributed by atoms with van der Waals surface area (Å²) in [5.74, 6) is -0.367. The summed E-state index contributed by atoms with van der Waals surface area (Å²) in [7, 11) is 1.46. The first-order chi connectivity index (χ1) is 11.5. The minimum Gasteiger partial charge on any atom is -0.493 e. The first kappa shape index (κ1) is 17.6. The van der Waals surface area contributed by atoms with E-state index >= 15 is 0 Å². The summed E-state index contributed by atoms with van der Waals surface area (Å²) in [6.45, 7) is 2.23. The third-order valence-corrected chi connectivity index (χ3v) is 3.50. The zero-order valence-corrected chi connectivity index (χ0v) is 14.0. The molecule has 0 heterocycles. The third-order valence-electron chi connectivity index (χ3n) is 3.22. The second kappa shape index (κ2) is 7.70. The fraction of sp³-hybridized carbons (Fsp3) is 0.176. The van der Waals surface area contributed by atoms with E-state index in [0.717, 1.165) is 0 Å². The SMILES string of the molecule is CCOc1c(Cl)cc(C(=O)Nc2ccccc2C(N)=O)cc1OC. The van der Waals surface area contributed by atoms with Crippen LogP contribution in [-0.2, 0) is 0 Å². The van der Waals surface area contributed by atoms with Crippen molar-refractivity contribution >= 4 is 29.1 Å². The van der Waals surface area contributed by atoms with Gasteiger partial charge in [-0.25, -0.2) is 0 Å². The van der Waals surface area contributed by atoms with Crippen molar-refractivity contribution in [2.45, 2.75) is 6.92 Å². The van der Waals surface area contributed by atoms with E-state index in [1.54, 1.807) is 18.2 Å². The Balaban J connectivity index is 2.34. The number of para-hydroxylation sites is 1. The number of ether oxygens (including phenoxy) is 2. The molecule has 7 heteroatoms. The van der Waals surface area contributed by atoms with Crippen LogP contribution in [0.5, 0.6) is 11.5 Å². The Morgan fingerprint density at radius 1 is 1.25 bits per heavy atom. The van der Waals surface area contributed by atoms with Crippen LogP contribution in [-0.4, -0.2) is 25.5 Å². The molecule has 0 unspecified atom stereocenters. The van der Waals surface area contributed by atoms with Crippen LogP contribution in [0.4, 0.5) is 5.69 Å². The van der Waals surface area contributed by atoms with Crippen molar-refractivity contribution in [1.82, 2.24) is 0 Å². The molecule has 24 heavy (non-hydrogen) atoms. The van der Waals surface area contributed by atoms with Crippen LogP contribution in [0.15, 0.2) is 36.4 Å². The molecule has 0 aromatic heterocycles. The van der Waals surface area contributed by atoms with E-state index in [2.05, 4.69) is 5.32 Å². The average Bonchev–Trinajstić information content (AvgIpc) is 2.56. The predicted molar refractivity (Wildman–Crippen MR) is 92.1 cm³/mol. The molecule has 0 atom stereocenters. The second-order valence-corrected chi connectivity index (χ2v) is 5.19. The van der Waals surface area contributed by atoms with Crippen LogP contribution in [0.3, 0.4) is 0 Å². The summed E-state index contributed by atoms with van der Waals surface area (Å²) in [6.07, 6.45) is 0. The van der Waals surface area contributed by atoms with Crippen LogP contribution in [0.25, 0.3) is 0 Å². The quantitative estimate of drug-likeness (QED) is 0.839. The Morgan fingerprint density at radius 2 is 1.96 bits per heavy atom. The molecule has 0 saturated heterocycles. The van der Waals surface area contributed by atoms with Crippen LogP contribution < -0.4 is 20.5 Å². The summed E-state index contributed by atoms with van der Waals surface area (Å²) >= 11 is 6.16. The molecular weight excluding hydrogens is 332 g/mol. The van der Waals surface area contributed by atoms with Gasteiger partial charge in [-0.2, -0.15) is 0 Å². The number of benzene rings is 2. The standard InChI is InChI=1S/C17H17ClN2O4/c1-3-24-15-12(18)8-10(9-14(15)23-2)17(22)20-13-7-5-4-6-11(13)16(19)21/h4-9H,3H2,1-2H3,(H2,19,21)(H,20,22). The number of carbonyl (C=O) groups excluding carboxylic acids is 2. The van der Waals surface area contributed by atoms with Crippen molar-refractivity contribution in [3.8, 4) is 11.5 Å². The highest BCUT2D eigenvalue weighted by Crippen LogP contribution is 2.36. The van der Waals surface area contributed by atoms with Crippen molar-refractivity contribution in [2.24, 2.45) is 5.73 Å². The number of amides is 2. The van der Waals surface area contributed by atoms with Gasteiger partial charge >= 0.3 is 0 Å². The molecular formula is C17H17ClN2O4. The maximum absolute atomic E-state index is 12.5. The Labute approximate surface area is 144 Å². The van der Waals surface area contributed by atoms with Gasteiger partial charge in [0.25, 0.3) is 11.8 Å². The van der Waals surface area contributed by atoms with Gasteiger partial charge in [0.1, 0.15) is 0 Å². The second-order valence-electron chi connectivity index (χ2n) is 4.79. The van der Waals surface area contributed by atoms with E-state index in [1.165, 1.54) is 25.3 Å². The number of hydrogen-bond donors (Lipinski definition) is 2. The zero-order chi connectivity index (χ0) is 17.7. The molecule has 2 aromatic carbocycles. The number of anilines is 1. The van der Waals surface area contributed by atoms with E-state index in [0.29, 0.717) is 23.8 Å². The molecule has 3 N–H and O–H groups in total. The lowest BCUT2D eigenvalue weighted by molar-refractivity contribution is 0.100. The van der Waals surface area contributed by atoms with E-state index in [1.807, 2.05) is 6.92 Å². The van der Waals surface area contributed by atoms with Gasteiger partial charge in [-0.3, -0.25) is 9.59 Å². The number of rotatable bonds is 6. The van der Waals surface area contributed by atoms with Gasteiger partial charge in [0.15, 0.2) is 11.5 Å². The van der Waals surface area contributed by atoms with E-state index in [4.69, 9.17) is 26.8 Å². The number of hydrogen-bond acceptors (Lipinski definition) is 4. The molecule has 2 amide bonds. The van der Waals surface area contributed by atoms with Crippen LogP contribution >= 0.6 is 11.6 Å². The lowest BCUT2D eigenvalue weighted by Gasteiger charge is -2.14. The Kier molecular flexibility index (Phi) is 5.65. The van der Waals surface area contributed by atoms with Crippen LogP contribution in [0.1, 0.15) is 27.6 Å². The van der Waals surface area contributed by atoms with Crippen molar-refractivity contribution < 1.29 is 19.1 Å². The molecule has 0 aliphatic carbocycles. The number of nitrogens with one attached hydrogen (secondary N) is 1. The van der Waals surface area contributed by atoms with Crippen LogP contribution in [0.2, 0.25) is 5.02 Å². The summed E-state index contributed by atoms with van der Waals surface area (Å²) in [5.41, 5.74) is 6.10. The lowest BCUT2D eigenvalue weighted by atomic mass is 10.1. The van der Waals surface area contributed by atoms with Gasteiger partial charge in [0, 0.05) is 5.56 Å². The number of nitrogens with two attached hydrogens (primary N) is 1. The first-order valence-electron chi connectivity index (χ1n) is 7.18. The number of primary amides is 1. The maximum Gasteiger partial charge on any atom is 0.255 e. The van der Waals surface area contributed by atoms with Crippen molar-refractivity contribution in [3.63, 3.8) is 0 Å². The Bertz CT molecular complexity index is 777. The molecule has 0 radical (unpaired) electrons. The highest BCUT2D eigenvalue weighted by molar-refractivity contribution is 6.32. The summed E-state index contributed by atoms with van der Waals surface area (Å²) in [5, 5.41) is 2.90. The Morgan fingerprint density at radius 3 is 2.58 bits per heavy atom. The van der Waals surface area contributed by atoms with Gasteiger partial charge < -0.3 is 20.5 Å². The zero-order valence-electron chi connectivity index (χ0n) is 13.3. The smallest absolute Gasteiger partial charge is 0.255 e. The van der Waals surface area contributed by atoms with Crippen LogP contribution in [0, 0.1) is 0 Å². The minimum atomic E-state index is -0.631. The van der Waals surface area contributed by atoms with Gasteiger partial charge in [-0.15, -0.1) is 0 Å². The molecule has 2 aromatic rings. The van der Waals surface area contributed by atoms with E-state index in [-0.39, 0.29) is 16.1 Å². The van der Waals surface area contributed by atoms with E-state index < -0.39 is 11.8 Å². The monoisotopic (exact) mass is 348 g/mol. The minimum absolute atomic E-state index is 0.217. The molecule has 2 rings (SSSR count). The number of methoxy groups -OCH3 is 1. The Hall–Kier alpha value is -2.73. The normalized spacial score (nSPS) is 10.1. The highest BCUT2D eigenvalue weighted by atomic mass is 35.5.